The molecule has 0 amide bonds. The van der Waals surface area contributed by atoms with Crippen molar-refractivity contribution in [2.75, 3.05) is 25.2 Å². The number of aliphatic imine (C=N–C) groups is 1. The van der Waals surface area contributed by atoms with E-state index < -0.39 is 6.41 Å². The molecule has 1 unspecified atom stereocenters. The summed E-state index contributed by atoms with van der Waals surface area (Å²) in [7, 11) is 3.30. The van der Waals surface area contributed by atoms with E-state index in [0.717, 1.165) is 40.7 Å². The van der Waals surface area contributed by atoms with Gasteiger partial charge in [-0.15, -0.1) is 11.3 Å². The number of aliphatic hydroxyl groups excluding tert-OH is 1. The van der Waals surface area contributed by atoms with Gasteiger partial charge in [0.2, 0.25) is 11.8 Å². The van der Waals surface area contributed by atoms with Crippen LogP contribution >= 0.6 is 11.3 Å². The minimum Gasteiger partial charge on any atom is -0.494 e. The van der Waals surface area contributed by atoms with Gasteiger partial charge in [-0.2, -0.15) is 4.58 Å². The molecule has 31 heavy (non-hydrogen) atoms. The molecule has 0 radical (unpaired) electrons. The molecule has 9 nitrogen and oxygen atoms in total. The van der Waals surface area contributed by atoms with Crippen LogP contribution < -0.4 is 15.8 Å². The molecule has 1 aromatic carbocycles. The molecule has 3 heterocycles. The van der Waals surface area contributed by atoms with Gasteiger partial charge in [-0.25, -0.2) is 9.97 Å². The molecule has 0 saturated carbocycles. The van der Waals surface area contributed by atoms with E-state index in [-0.39, 0.29) is 5.54 Å². The van der Waals surface area contributed by atoms with Crippen LogP contribution in [-0.2, 0) is 12.8 Å². The minimum atomic E-state index is -1.45. The number of nitrogens with two attached hydrogens (primary N) is 1. The maximum atomic E-state index is 9.53. The molecule has 2 aliphatic rings. The maximum absolute atomic E-state index is 9.53. The molecule has 5 rings (SSSR count). The number of aryl methyl sites for hydroxylation is 1. The molecule has 5 N–H and O–H groups in total. The highest BCUT2D eigenvalue weighted by Gasteiger charge is 2.60. The molecule has 0 saturated heterocycles. The number of aliphatic hydroxyl groups is 2. The van der Waals surface area contributed by atoms with Crippen LogP contribution in [0.25, 0.3) is 10.2 Å². The molecule has 10 heteroatoms. The van der Waals surface area contributed by atoms with E-state index in [1.807, 2.05) is 12.3 Å². The van der Waals surface area contributed by atoms with Crippen molar-refractivity contribution in [2.45, 2.75) is 31.2 Å². The number of ether oxygens (including phenoxy) is 1. The smallest absolute Gasteiger partial charge is 0.371 e. The standard InChI is InChI=1S/C21H23N6O3S/c1-23-8-11-5-14(15(30-2)6-13(11)22)26-18-17-12-3-4-21(9-27(21)20(28)29)7-16(12)31-19(17)25-10-24-18/h5-6,8-10,20,28-29H,3-4,7,22H2,1-2H3,(H,24,25,26)/q+1. The van der Waals surface area contributed by atoms with Crippen LogP contribution in [0, 0.1) is 0 Å². The number of benzene rings is 1. The molecule has 0 fully saturated rings. The number of nitrogens with one attached hydrogen (secondary N) is 1. The Hall–Kier alpha value is -3.08. The van der Waals surface area contributed by atoms with Gasteiger partial charge in [0.05, 0.1) is 24.6 Å². The van der Waals surface area contributed by atoms with E-state index in [0.29, 0.717) is 17.3 Å². The fourth-order valence-corrected chi connectivity index (χ4v) is 5.67. The summed E-state index contributed by atoms with van der Waals surface area (Å²) < 4.78 is 7.13. The van der Waals surface area contributed by atoms with Crippen LogP contribution in [0.5, 0.6) is 5.75 Å². The summed E-state index contributed by atoms with van der Waals surface area (Å²) in [5, 5.41) is 23.5. The quantitative estimate of drug-likeness (QED) is 0.206. The van der Waals surface area contributed by atoms with Crippen molar-refractivity contribution >= 4 is 51.2 Å². The van der Waals surface area contributed by atoms with E-state index in [9.17, 15) is 10.2 Å². The molecule has 1 aliphatic carbocycles. The molecule has 1 atom stereocenters. The second kappa shape index (κ2) is 7.26. The predicted molar refractivity (Wildman–Crippen MR) is 121 cm³/mol. The minimum absolute atomic E-state index is 0.266. The topological polar surface area (TPSA) is 129 Å². The molecular weight excluding hydrogens is 416 g/mol. The van der Waals surface area contributed by atoms with Gasteiger partial charge in [-0.3, -0.25) is 4.99 Å². The zero-order valence-corrected chi connectivity index (χ0v) is 18.0. The van der Waals surface area contributed by atoms with Gasteiger partial charge in [0.15, 0.2) is 0 Å². The van der Waals surface area contributed by atoms with Gasteiger partial charge in [0.25, 0.3) is 0 Å². The Balaban J connectivity index is 1.54. The number of nitrogen functional groups attached to an aromatic ring is 1. The van der Waals surface area contributed by atoms with Crippen LogP contribution in [0.4, 0.5) is 17.2 Å². The highest BCUT2D eigenvalue weighted by atomic mass is 32.1. The van der Waals surface area contributed by atoms with Crippen molar-refractivity contribution in [3.63, 3.8) is 0 Å². The third kappa shape index (κ3) is 3.23. The van der Waals surface area contributed by atoms with Gasteiger partial charge >= 0.3 is 6.41 Å². The van der Waals surface area contributed by atoms with Crippen LogP contribution in [0.3, 0.4) is 0 Å². The highest BCUT2D eigenvalue weighted by molar-refractivity contribution is 7.19. The zero-order valence-electron chi connectivity index (χ0n) is 17.2. The molecule has 1 aliphatic heterocycles. The molecule has 1 spiro atoms. The van der Waals surface area contributed by atoms with E-state index >= 15 is 0 Å². The Morgan fingerprint density at radius 1 is 1.39 bits per heavy atom. The van der Waals surface area contributed by atoms with Crippen molar-refractivity contribution in [1.82, 2.24) is 9.97 Å². The molecule has 0 bridgehead atoms. The van der Waals surface area contributed by atoms with Crippen LogP contribution in [0.2, 0.25) is 0 Å². The molecule has 160 valence electrons. The first-order chi connectivity index (χ1) is 15.0. The Morgan fingerprint density at radius 3 is 2.94 bits per heavy atom. The Bertz CT molecular complexity index is 1250. The largest absolute Gasteiger partial charge is 0.494 e. The van der Waals surface area contributed by atoms with Crippen LogP contribution in [0.15, 0.2) is 23.5 Å². The number of nitrogens with zero attached hydrogens (tertiary/aromatic N) is 4. The number of hydrogen-bond acceptors (Lipinski definition) is 9. The summed E-state index contributed by atoms with van der Waals surface area (Å²) >= 11 is 1.63. The van der Waals surface area contributed by atoms with Gasteiger partial charge in [-0.1, -0.05) is 0 Å². The summed E-state index contributed by atoms with van der Waals surface area (Å²) in [4.78, 5) is 15.2. The van der Waals surface area contributed by atoms with Crippen LogP contribution in [0.1, 0.15) is 22.4 Å². The van der Waals surface area contributed by atoms with Gasteiger partial charge < -0.3 is 26.0 Å². The summed E-state index contributed by atoms with van der Waals surface area (Å²) in [6, 6.07) is 3.66. The summed E-state index contributed by atoms with van der Waals surface area (Å²) in [6.07, 6.45) is 6.08. The number of anilines is 3. The normalized spacial score (nSPS) is 19.8. The number of aromatic nitrogens is 2. The van der Waals surface area contributed by atoms with Gasteiger partial charge in [0, 0.05) is 41.9 Å². The zero-order chi connectivity index (χ0) is 21.8. The van der Waals surface area contributed by atoms with E-state index in [1.165, 1.54) is 10.4 Å². The second-order valence-electron chi connectivity index (χ2n) is 7.76. The summed E-state index contributed by atoms with van der Waals surface area (Å²) in [5.74, 6) is 1.32. The lowest BCUT2D eigenvalue weighted by Crippen LogP contribution is -2.34. The first kappa shape index (κ1) is 19.9. The Labute approximate surface area is 182 Å². The SMILES string of the molecule is CN=Cc1cc(Nc2ncnc3sc4c(c23)CCC2(C=[N+]2C(O)O)C4)c(OC)cc1N. The number of thiophene rings is 1. The molecule has 3 aromatic rings. The third-order valence-electron chi connectivity index (χ3n) is 5.95. The lowest BCUT2D eigenvalue weighted by atomic mass is 9.86. The van der Waals surface area contributed by atoms with Crippen molar-refractivity contribution in [2.24, 2.45) is 4.99 Å². The number of rotatable bonds is 5. The number of hydrogen-bond donors (Lipinski definition) is 4. The monoisotopic (exact) mass is 439 g/mol. The van der Waals surface area contributed by atoms with Crippen molar-refractivity contribution in [3.8, 4) is 5.75 Å². The first-order valence-electron chi connectivity index (χ1n) is 9.88. The third-order valence-corrected chi connectivity index (χ3v) is 7.09. The summed E-state index contributed by atoms with van der Waals surface area (Å²) in [5.41, 5.74) is 9.16. The Morgan fingerprint density at radius 2 is 2.23 bits per heavy atom. The van der Waals surface area contributed by atoms with E-state index in [1.54, 1.807) is 48.7 Å². The highest BCUT2D eigenvalue weighted by Crippen LogP contribution is 2.45. The van der Waals surface area contributed by atoms with Gasteiger partial charge in [0.1, 0.15) is 22.7 Å². The molecule has 2 aromatic heterocycles. The maximum Gasteiger partial charge on any atom is 0.371 e. The second-order valence-corrected chi connectivity index (χ2v) is 8.85. The van der Waals surface area contributed by atoms with Crippen molar-refractivity contribution in [1.29, 1.82) is 0 Å². The average molecular weight is 440 g/mol. The van der Waals surface area contributed by atoms with Crippen LogP contribution in [-0.4, -0.2) is 63.3 Å². The fourth-order valence-electron chi connectivity index (χ4n) is 4.36. The lowest BCUT2D eigenvalue weighted by Gasteiger charge is -2.18. The van der Waals surface area contributed by atoms with Gasteiger partial charge in [-0.05, 0) is 18.1 Å². The number of fused-ring (bicyclic) bond motifs is 3. The summed E-state index contributed by atoms with van der Waals surface area (Å²) in [6.45, 7) is 0. The lowest BCUT2D eigenvalue weighted by molar-refractivity contribution is -0.636. The molecular formula is C21H23N6O3S+. The van der Waals surface area contributed by atoms with E-state index in [4.69, 9.17) is 10.5 Å². The van der Waals surface area contributed by atoms with E-state index in [2.05, 4.69) is 20.3 Å². The average Bonchev–Trinajstić information content (AvgIpc) is 3.31. The van der Waals surface area contributed by atoms with Crippen molar-refractivity contribution in [3.05, 3.63) is 34.5 Å². The predicted octanol–water partition coefficient (Wildman–Crippen LogP) is 1.67. The Kier molecular flexibility index (Phi) is 4.65. The van der Waals surface area contributed by atoms with Crippen molar-refractivity contribution < 1.29 is 19.5 Å². The first-order valence-corrected chi connectivity index (χ1v) is 10.7. The fraction of sp³-hybridized carbons (Fsp3) is 0.333. The number of methoxy groups -OCH3 is 1.